The number of rotatable bonds is 4. The van der Waals surface area contributed by atoms with Crippen molar-refractivity contribution in [1.29, 1.82) is 0 Å². The molecule has 5 nitrogen and oxygen atoms in total. The van der Waals surface area contributed by atoms with Crippen LogP contribution in [0.4, 0.5) is 5.69 Å². The molecule has 0 aliphatic carbocycles. The Balaban J connectivity index is 2.20. The van der Waals surface area contributed by atoms with E-state index in [-0.39, 0.29) is 12.3 Å². The van der Waals surface area contributed by atoms with Crippen LogP contribution in [0.1, 0.15) is 16.8 Å². The van der Waals surface area contributed by atoms with Gasteiger partial charge in [-0.1, -0.05) is 11.6 Å². The highest BCUT2D eigenvalue weighted by Crippen LogP contribution is 2.25. The van der Waals surface area contributed by atoms with E-state index < -0.39 is 4.92 Å². The SMILES string of the molecule is Cc1cnc(COc2ccc(Cl)cc2)c(C)c1[N+](=O)[O-]. The Bertz CT molecular complexity index is 642. The van der Waals surface area contributed by atoms with Crippen LogP contribution in [0.15, 0.2) is 30.5 Å². The molecule has 6 heteroatoms. The maximum Gasteiger partial charge on any atom is 0.278 e. The van der Waals surface area contributed by atoms with E-state index in [4.69, 9.17) is 16.3 Å². The zero-order valence-corrected chi connectivity index (χ0v) is 11.8. The minimum absolute atomic E-state index is 0.0923. The summed E-state index contributed by atoms with van der Waals surface area (Å²) in [5.74, 6) is 0.638. The Kier molecular flexibility index (Phi) is 4.20. The van der Waals surface area contributed by atoms with Crippen LogP contribution in [0.2, 0.25) is 5.02 Å². The lowest BCUT2D eigenvalue weighted by Gasteiger charge is -2.09. The maximum atomic E-state index is 11.0. The quantitative estimate of drug-likeness (QED) is 0.634. The van der Waals surface area contributed by atoms with Crippen LogP contribution < -0.4 is 4.74 Å². The summed E-state index contributed by atoms with van der Waals surface area (Å²) < 4.78 is 5.56. The Morgan fingerprint density at radius 2 is 1.95 bits per heavy atom. The molecule has 20 heavy (non-hydrogen) atoms. The number of pyridine rings is 1. The first-order chi connectivity index (χ1) is 9.49. The van der Waals surface area contributed by atoms with Crippen LogP contribution in [0.3, 0.4) is 0 Å². The lowest BCUT2D eigenvalue weighted by molar-refractivity contribution is -0.386. The largest absolute Gasteiger partial charge is 0.487 e. The molecule has 2 rings (SSSR count). The van der Waals surface area contributed by atoms with Crippen molar-refractivity contribution in [3.05, 3.63) is 62.4 Å². The minimum Gasteiger partial charge on any atom is -0.487 e. The number of benzene rings is 1. The molecule has 104 valence electrons. The van der Waals surface area contributed by atoms with Gasteiger partial charge in [0, 0.05) is 16.8 Å². The van der Waals surface area contributed by atoms with Crippen LogP contribution in [0, 0.1) is 24.0 Å². The Morgan fingerprint density at radius 1 is 1.30 bits per heavy atom. The van der Waals surface area contributed by atoms with Crippen LogP contribution in [0.5, 0.6) is 5.75 Å². The molecule has 1 heterocycles. The zero-order chi connectivity index (χ0) is 14.7. The highest BCUT2D eigenvalue weighted by Gasteiger charge is 2.18. The number of nitrogens with zero attached hydrogens (tertiary/aromatic N) is 2. The summed E-state index contributed by atoms with van der Waals surface area (Å²) in [5, 5.41) is 11.7. The van der Waals surface area contributed by atoms with Gasteiger partial charge >= 0.3 is 0 Å². The summed E-state index contributed by atoms with van der Waals surface area (Å²) in [4.78, 5) is 14.8. The van der Waals surface area contributed by atoms with E-state index in [2.05, 4.69) is 4.98 Å². The standard InChI is InChI=1S/C14H13ClN2O3/c1-9-7-16-13(10(2)14(9)17(18)19)8-20-12-5-3-11(15)4-6-12/h3-7H,8H2,1-2H3. The van der Waals surface area contributed by atoms with Gasteiger partial charge in [0.2, 0.25) is 0 Å². The molecule has 0 aliphatic heterocycles. The first-order valence-electron chi connectivity index (χ1n) is 5.97. The van der Waals surface area contributed by atoms with Crippen molar-refractivity contribution in [2.75, 3.05) is 0 Å². The van der Waals surface area contributed by atoms with Gasteiger partial charge in [0.15, 0.2) is 0 Å². The fourth-order valence-electron chi connectivity index (χ4n) is 1.87. The monoisotopic (exact) mass is 292 g/mol. The molecule has 1 aromatic heterocycles. The number of aromatic nitrogens is 1. The van der Waals surface area contributed by atoms with Crippen molar-refractivity contribution < 1.29 is 9.66 Å². The molecule has 2 aromatic rings. The molecule has 0 atom stereocenters. The second-order valence-electron chi connectivity index (χ2n) is 4.36. The van der Waals surface area contributed by atoms with Crippen LogP contribution in [0.25, 0.3) is 0 Å². The minimum atomic E-state index is -0.391. The number of hydrogen-bond donors (Lipinski definition) is 0. The topological polar surface area (TPSA) is 65.3 Å². The molecular weight excluding hydrogens is 280 g/mol. The third-order valence-corrected chi connectivity index (χ3v) is 3.20. The number of aryl methyl sites for hydroxylation is 1. The van der Waals surface area contributed by atoms with Gasteiger partial charge in [0.05, 0.1) is 16.2 Å². The second-order valence-corrected chi connectivity index (χ2v) is 4.80. The van der Waals surface area contributed by atoms with Crippen LogP contribution in [-0.2, 0) is 6.61 Å². The molecule has 0 saturated heterocycles. The third-order valence-electron chi connectivity index (χ3n) is 2.95. The molecule has 0 saturated carbocycles. The Labute approximate surface area is 121 Å². The summed E-state index contributed by atoms with van der Waals surface area (Å²) in [6.45, 7) is 3.52. The van der Waals surface area contributed by atoms with Gasteiger partial charge in [-0.3, -0.25) is 15.1 Å². The molecule has 0 N–H and O–H groups in total. The van der Waals surface area contributed by atoms with E-state index in [9.17, 15) is 10.1 Å². The van der Waals surface area contributed by atoms with Gasteiger partial charge in [0.1, 0.15) is 12.4 Å². The van der Waals surface area contributed by atoms with Crippen molar-refractivity contribution in [2.24, 2.45) is 0 Å². The number of ether oxygens (including phenoxy) is 1. The van der Waals surface area contributed by atoms with Gasteiger partial charge in [0.25, 0.3) is 5.69 Å². The van der Waals surface area contributed by atoms with E-state index in [0.29, 0.717) is 27.6 Å². The van der Waals surface area contributed by atoms with E-state index in [1.807, 2.05) is 0 Å². The summed E-state index contributed by atoms with van der Waals surface area (Å²) in [6, 6.07) is 6.91. The number of nitro groups is 1. The highest BCUT2D eigenvalue weighted by molar-refractivity contribution is 6.30. The van der Waals surface area contributed by atoms with Crippen LogP contribution >= 0.6 is 11.6 Å². The molecule has 0 spiro atoms. The Hall–Kier alpha value is -2.14. The van der Waals surface area contributed by atoms with E-state index in [1.54, 1.807) is 38.1 Å². The number of halogens is 1. The Morgan fingerprint density at radius 3 is 2.55 bits per heavy atom. The van der Waals surface area contributed by atoms with E-state index >= 15 is 0 Å². The van der Waals surface area contributed by atoms with E-state index in [0.717, 1.165) is 0 Å². The summed E-state index contributed by atoms with van der Waals surface area (Å²) in [7, 11) is 0. The fourth-order valence-corrected chi connectivity index (χ4v) is 2.00. The molecule has 0 bridgehead atoms. The normalized spacial score (nSPS) is 10.3. The third kappa shape index (κ3) is 3.05. The van der Waals surface area contributed by atoms with Gasteiger partial charge in [-0.2, -0.15) is 0 Å². The van der Waals surface area contributed by atoms with Gasteiger partial charge < -0.3 is 4.74 Å². The second kappa shape index (κ2) is 5.88. The lowest BCUT2D eigenvalue weighted by atomic mass is 10.1. The summed E-state index contributed by atoms with van der Waals surface area (Å²) >= 11 is 5.78. The first-order valence-corrected chi connectivity index (χ1v) is 6.34. The molecule has 0 aliphatic rings. The molecule has 0 unspecified atom stereocenters. The summed E-state index contributed by atoms with van der Waals surface area (Å²) in [5.41, 5.74) is 1.72. The average molecular weight is 293 g/mol. The maximum absolute atomic E-state index is 11.0. The van der Waals surface area contributed by atoms with Crippen molar-refractivity contribution in [2.45, 2.75) is 20.5 Å². The smallest absolute Gasteiger partial charge is 0.278 e. The summed E-state index contributed by atoms with van der Waals surface area (Å²) in [6.07, 6.45) is 1.49. The fraction of sp³-hybridized carbons (Fsp3) is 0.214. The average Bonchev–Trinajstić information content (AvgIpc) is 2.39. The van der Waals surface area contributed by atoms with Crippen molar-refractivity contribution in [3.63, 3.8) is 0 Å². The lowest BCUT2D eigenvalue weighted by Crippen LogP contribution is -2.05. The molecule has 0 radical (unpaired) electrons. The predicted molar refractivity (Wildman–Crippen MR) is 76.1 cm³/mol. The van der Waals surface area contributed by atoms with Gasteiger partial charge in [-0.05, 0) is 38.1 Å². The van der Waals surface area contributed by atoms with Gasteiger partial charge in [-0.15, -0.1) is 0 Å². The molecular formula is C14H13ClN2O3. The molecule has 0 fully saturated rings. The zero-order valence-electron chi connectivity index (χ0n) is 11.1. The van der Waals surface area contributed by atoms with E-state index in [1.165, 1.54) is 6.20 Å². The van der Waals surface area contributed by atoms with Crippen molar-refractivity contribution in [1.82, 2.24) is 4.98 Å². The van der Waals surface area contributed by atoms with Crippen molar-refractivity contribution in [3.8, 4) is 5.75 Å². The highest BCUT2D eigenvalue weighted by atomic mass is 35.5. The van der Waals surface area contributed by atoms with Gasteiger partial charge in [-0.25, -0.2) is 0 Å². The first kappa shape index (κ1) is 14.3. The predicted octanol–water partition coefficient (Wildman–Crippen LogP) is 3.84. The molecule has 0 amide bonds. The van der Waals surface area contributed by atoms with Crippen LogP contribution in [-0.4, -0.2) is 9.91 Å². The number of hydrogen-bond acceptors (Lipinski definition) is 4. The molecule has 1 aromatic carbocycles. The van der Waals surface area contributed by atoms with Crippen molar-refractivity contribution >= 4 is 17.3 Å².